The fourth-order valence-electron chi connectivity index (χ4n) is 1.95. The molecular formula is C17H19NO2. The third-order valence-corrected chi connectivity index (χ3v) is 2.95. The molecule has 0 unspecified atom stereocenters. The molecule has 0 bridgehead atoms. The van der Waals surface area contributed by atoms with Crippen LogP contribution in [0, 0.1) is 0 Å². The first-order valence-electron chi connectivity index (χ1n) is 6.51. The van der Waals surface area contributed by atoms with Crippen LogP contribution in [0.3, 0.4) is 0 Å². The maximum absolute atomic E-state index is 5.31. The SMILES string of the molecule is COc1ccccc1/C=C/CNc1ccccc1OC. The van der Waals surface area contributed by atoms with Gasteiger partial charge in [0, 0.05) is 12.1 Å². The Morgan fingerprint density at radius 1 is 0.900 bits per heavy atom. The molecule has 2 rings (SSSR count). The van der Waals surface area contributed by atoms with E-state index in [0.29, 0.717) is 0 Å². The zero-order valence-electron chi connectivity index (χ0n) is 11.8. The van der Waals surface area contributed by atoms with Gasteiger partial charge in [0.05, 0.1) is 19.9 Å². The van der Waals surface area contributed by atoms with Gasteiger partial charge in [0.2, 0.25) is 0 Å². The molecule has 104 valence electrons. The molecule has 0 spiro atoms. The smallest absolute Gasteiger partial charge is 0.141 e. The minimum Gasteiger partial charge on any atom is -0.496 e. The molecule has 0 fully saturated rings. The molecular weight excluding hydrogens is 250 g/mol. The molecule has 0 amide bonds. The number of benzene rings is 2. The molecule has 3 heteroatoms. The zero-order valence-corrected chi connectivity index (χ0v) is 11.8. The quantitative estimate of drug-likeness (QED) is 0.864. The summed E-state index contributed by atoms with van der Waals surface area (Å²) in [6.45, 7) is 0.721. The Labute approximate surface area is 119 Å². The molecule has 0 heterocycles. The molecule has 2 aromatic rings. The predicted octanol–water partition coefficient (Wildman–Crippen LogP) is 3.83. The zero-order chi connectivity index (χ0) is 14.2. The first kappa shape index (κ1) is 14.0. The largest absolute Gasteiger partial charge is 0.496 e. The summed E-state index contributed by atoms with van der Waals surface area (Å²) < 4.78 is 10.6. The van der Waals surface area contributed by atoms with E-state index in [1.807, 2.05) is 54.6 Å². The molecule has 0 saturated carbocycles. The lowest BCUT2D eigenvalue weighted by molar-refractivity contribution is 0.414. The van der Waals surface area contributed by atoms with Crippen LogP contribution in [0.2, 0.25) is 0 Å². The van der Waals surface area contributed by atoms with Crippen molar-refractivity contribution in [2.75, 3.05) is 26.1 Å². The predicted molar refractivity (Wildman–Crippen MR) is 83.5 cm³/mol. The van der Waals surface area contributed by atoms with E-state index in [-0.39, 0.29) is 0 Å². The van der Waals surface area contributed by atoms with Gasteiger partial charge in [-0.1, -0.05) is 42.5 Å². The van der Waals surface area contributed by atoms with Gasteiger partial charge in [-0.25, -0.2) is 0 Å². The monoisotopic (exact) mass is 269 g/mol. The highest BCUT2D eigenvalue weighted by atomic mass is 16.5. The van der Waals surface area contributed by atoms with Gasteiger partial charge in [-0.3, -0.25) is 0 Å². The summed E-state index contributed by atoms with van der Waals surface area (Å²) in [5.41, 5.74) is 2.05. The van der Waals surface area contributed by atoms with Gasteiger partial charge >= 0.3 is 0 Å². The highest BCUT2D eigenvalue weighted by Crippen LogP contribution is 2.23. The van der Waals surface area contributed by atoms with Crippen LogP contribution in [0.4, 0.5) is 5.69 Å². The van der Waals surface area contributed by atoms with Crippen molar-refractivity contribution in [1.82, 2.24) is 0 Å². The van der Waals surface area contributed by atoms with E-state index in [2.05, 4.69) is 11.4 Å². The first-order valence-corrected chi connectivity index (χ1v) is 6.51. The molecule has 0 radical (unpaired) electrons. The summed E-state index contributed by atoms with van der Waals surface area (Å²) in [4.78, 5) is 0. The van der Waals surface area contributed by atoms with Gasteiger partial charge in [-0.2, -0.15) is 0 Å². The fourth-order valence-corrected chi connectivity index (χ4v) is 1.95. The molecule has 0 saturated heterocycles. The standard InChI is InChI=1S/C17H19NO2/c1-19-16-11-5-3-8-14(16)9-7-13-18-15-10-4-6-12-17(15)20-2/h3-12,18H,13H2,1-2H3/b9-7+. The van der Waals surface area contributed by atoms with Crippen LogP contribution in [0.5, 0.6) is 11.5 Å². The number of hydrogen-bond acceptors (Lipinski definition) is 3. The average molecular weight is 269 g/mol. The van der Waals surface area contributed by atoms with Crippen molar-refractivity contribution in [2.45, 2.75) is 0 Å². The summed E-state index contributed by atoms with van der Waals surface area (Å²) >= 11 is 0. The maximum atomic E-state index is 5.31. The number of hydrogen-bond donors (Lipinski definition) is 1. The number of methoxy groups -OCH3 is 2. The maximum Gasteiger partial charge on any atom is 0.141 e. The highest BCUT2D eigenvalue weighted by molar-refractivity contribution is 5.59. The third kappa shape index (κ3) is 3.54. The molecule has 3 nitrogen and oxygen atoms in total. The topological polar surface area (TPSA) is 30.5 Å². The number of rotatable bonds is 6. The van der Waals surface area contributed by atoms with E-state index in [9.17, 15) is 0 Å². The Morgan fingerprint density at radius 2 is 1.55 bits per heavy atom. The van der Waals surface area contributed by atoms with Gasteiger partial charge in [-0.05, 0) is 18.2 Å². The van der Waals surface area contributed by atoms with Crippen LogP contribution >= 0.6 is 0 Å². The van der Waals surface area contributed by atoms with Crippen LogP contribution in [0.25, 0.3) is 6.08 Å². The fraction of sp³-hybridized carbons (Fsp3) is 0.176. The molecule has 0 aliphatic heterocycles. The molecule has 2 aromatic carbocycles. The summed E-state index contributed by atoms with van der Waals surface area (Å²) in [5, 5.41) is 3.32. The summed E-state index contributed by atoms with van der Waals surface area (Å²) in [7, 11) is 3.35. The van der Waals surface area contributed by atoms with Gasteiger partial charge in [0.1, 0.15) is 11.5 Å². The van der Waals surface area contributed by atoms with Crippen LogP contribution in [-0.4, -0.2) is 20.8 Å². The van der Waals surface area contributed by atoms with Crippen molar-refractivity contribution in [2.24, 2.45) is 0 Å². The molecule has 0 aromatic heterocycles. The lowest BCUT2D eigenvalue weighted by atomic mass is 10.2. The van der Waals surface area contributed by atoms with E-state index < -0.39 is 0 Å². The van der Waals surface area contributed by atoms with E-state index in [0.717, 1.165) is 29.3 Å². The van der Waals surface area contributed by atoms with E-state index in [1.54, 1.807) is 14.2 Å². The van der Waals surface area contributed by atoms with Crippen LogP contribution < -0.4 is 14.8 Å². The molecule has 0 atom stereocenters. The Hall–Kier alpha value is -2.42. The number of ether oxygens (including phenoxy) is 2. The van der Waals surface area contributed by atoms with Crippen molar-refractivity contribution in [3.8, 4) is 11.5 Å². The van der Waals surface area contributed by atoms with Gasteiger partial charge in [-0.15, -0.1) is 0 Å². The summed E-state index contributed by atoms with van der Waals surface area (Å²) in [5.74, 6) is 1.72. The van der Waals surface area contributed by atoms with Crippen LogP contribution in [0.1, 0.15) is 5.56 Å². The highest BCUT2D eigenvalue weighted by Gasteiger charge is 1.99. The van der Waals surface area contributed by atoms with Crippen LogP contribution in [-0.2, 0) is 0 Å². The number of anilines is 1. The van der Waals surface area contributed by atoms with Crippen LogP contribution in [0.15, 0.2) is 54.6 Å². The number of para-hydroxylation sites is 3. The Kier molecular flexibility index (Phi) is 5.07. The Bertz CT molecular complexity index is 579. The van der Waals surface area contributed by atoms with Crippen molar-refractivity contribution in [3.05, 3.63) is 60.2 Å². The Morgan fingerprint density at radius 3 is 2.30 bits per heavy atom. The van der Waals surface area contributed by atoms with Gasteiger partial charge in [0.15, 0.2) is 0 Å². The lowest BCUT2D eigenvalue weighted by Crippen LogP contribution is -2.00. The lowest BCUT2D eigenvalue weighted by Gasteiger charge is -2.09. The average Bonchev–Trinajstić information content (AvgIpc) is 2.52. The van der Waals surface area contributed by atoms with Crippen molar-refractivity contribution in [3.63, 3.8) is 0 Å². The van der Waals surface area contributed by atoms with Crippen molar-refractivity contribution in [1.29, 1.82) is 0 Å². The minimum atomic E-state index is 0.721. The molecule has 0 aliphatic carbocycles. The normalized spacial score (nSPS) is 10.5. The van der Waals surface area contributed by atoms with Gasteiger partial charge in [0.25, 0.3) is 0 Å². The second kappa shape index (κ2) is 7.24. The Balaban J connectivity index is 1.97. The minimum absolute atomic E-state index is 0.721. The van der Waals surface area contributed by atoms with Crippen molar-refractivity contribution >= 4 is 11.8 Å². The van der Waals surface area contributed by atoms with Gasteiger partial charge < -0.3 is 14.8 Å². The summed E-state index contributed by atoms with van der Waals surface area (Å²) in [6.07, 6.45) is 4.10. The number of nitrogens with one attached hydrogen (secondary N) is 1. The molecule has 1 N–H and O–H groups in total. The second-order valence-corrected chi connectivity index (χ2v) is 4.23. The first-order chi connectivity index (χ1) is 9.85. The van der Waals surface area contributed by atoms with Crippen molar-refractivity contribution < 1.29 is 9.47 Å². The van der Waals surface area contributed by atoms with E-state index in [4.69, 9.17) is 9.47 Å². The van der Waals surface area contributed by atoms with E-state index in [1.165, 1.54) is 0 Å². The molecule has 0 aliphatic rings. The third-order valence-electron chi connectivity index (χ3n) is 2.95. The summed E-state index contributed by atoms with van der Waals surface area (Å²) in [6, 6.07) is 15.8. The van der Waals surface area contributed by atoms with E-state index >= 15 is 0 Å². The molecule has 20 heavy (non-hydrogen) atoms. The second-order valence-electron chi connectivity index (χ2n) is 4.23.